The summed E-state index contributed by atoms with van der Waals surface area (Å²) in [7, 11) is 0. The minimum Gasteiger partial charge on any atom is -0.451 e. The van der Waals surface area contributed by atoms with Gasteiger partial charge in [-0.3, -0.25) is 19.2 Å². The molecule has 260 valence electrons. The monoisotopic (exact) mass is 693 g/mol. The minimum atomic E-state index is -0.872. The van der Waals surface area contributed by atoms with E-state index in [2.05, 4.69) is 17.4 Å². The number of rotatable bonds is 9. The molecule has 3 heterocycles. The first-order valence-electron chi connectivity index (χ1n) is 18.1. The smallest absolute Gasteiger partial charge is 0.287 e. The van der Waals surface area contributed by atoms with Crippen LogP contribution in [0.4, 0.5) is 0 Å². The van der Waals surface area contributed by atoms with E-state index < -0.39 is 11.9 Å². The van der Waals surface area contributed by atoms with E-state index in [1.54, 1.807) is 18.2 Å². The van der Waals surface area contributed by atoms with Crippen LogP contribution in [0.2, 0.25) is 5.02 Å². The lowest BCUT2D eigenvalue weighted by Gasteiger charge is -2.36. The first-order valence-corrected chi connectivity index (χ1v) is 18.5. The van der Waals surface area contributed by atoms with Crippen molar-refractivity contribution >= 4 is 40.3 Å². The van der Waals surface area contributed by atoms with Gasteiger partial charge in [-0.25, -0.2) is 0 Å². The summed E-state index contributed by atoms with van der Waals surface area (Å²) in [5.41, 5.74) is 4.49. The highest BCUT2D eigenvalue weighted by Crippen LogP contribution is 2.35. The van der Waals surface area contributed by atoms with Crippen LogP contribution in [-0.4, -0.2) is 53.2 Å². The number of nitrogens with one attached hydrogen (secondary N) is 1. The van der Waals surface area contributed by atoms with Crippen LogP contribution in [0.1, 0.15) is 102 Å². The number of piperidine rings is 2. The van der Waals surface area contributed by atoms with Crippen molar-refractivity contribution in [3.63, 3.8) is 0 Å². The predicted molar refractivity (Wildman–Crippen MR) is 194 cm³/mol. The van der Waals surface area contributed by atoms with Gasteiger partial charge < -0.3 is 19.5 Å². The van der Waals surface area contributed by atoms with E-state index in [4.69, 9.17) is 16.0 Å². The Morgan fingerprint density at radius 1 is 0.840 bits per heavy atom. The second kappa shape index (κ2) is 15.2. The van der Waals surface area contributed by atoms with Crippen LogP contribution in [0.15, 0.2) is 82.0 Å². The van der Waals surface area contributed by atoms with E-state index in [-0.39, 0.29) is 35.3 Å². The first kappa shape index (κ1) is 34.0. The molecule has 3 aromatic carbocycles. The maximum Gasteiger partial charge on any atom is 0.287 e. The zero-order valence-corrected chi connectivity index (χ0v) is 29.1. The first-order chi connectivity index (χ1) is 24.3. The molecule has 3 fully saturated rings. The van der Waals surface area contributed by atoms with E-state index in [9.17, 15) is 19.2 Å². The maximum atomic E-state index is 14.1. The van der Waals surface area contributed by atoms with Crippen LogP contribution in [0, 0.1) is 0 Å². The number of likely N-dealkylation sites (tertiary alicyclic amines) is 2. The molecular weight excluding hydrogens is 650 g/mol. The van der Waals surface area contributed by atoms with Crippen LogP contribution in [-0.2, 0) is 22.6 Å². The summed E-state index contributed by atoms with van der Waals surface area (Å²) < 4.78 is 5.97. The summed E-state index contributed by atoms with van der Waals surface area (Å²) in [4.78, 5) is 57.3. The van der Waals surface area contributed by atoms with E-state index >= 15 is 0 Å². The van der Waals surface area contributed by atoms with Gasteiger partial charge >= 0.3 is 0 Å². The molecule has 2 saturated heterocycles. The molecule has 0 unspecified atom stereocenters. The molecule has 9 heteroatoms. The Morgan fingerprint density at radius 3 is 2.36 bits per heavy atom. The van der Waals surface area contributed by atoms with Gasteiger partial charge in [0.25, 0.3) is 5.91 Å². The molecule has 1 aromatic heterocycles. The molecule has 0 spiro atoms. The van der Waals surface area contributed by atoms with Crippen molar-refractivity contribution in [1.82, 2.24) is 15.1 Å². The van der Waals surface area contributed by atoms with Gasteiger partial charge in [-0.2, -0.15) is 0 Å². The highest BCUT2D eigenvalue weighted by atomic mass is 35.5. The van der Waals surface area contributed by atoms with Crippen LogP contribution < -0.4 is 10.7 Å². The standard InChI is InChI=1S/C41H44ClN3O5/c42-32-15-12-27(13-16-32)23-35(43-40(48)38-25-36(46)34-24-30(14-17-37(34)50-38)28-7-1-2-8-28)41(49)44-21-18-29(19-22-44)33-10-4-3-9-31(33)26-45-20-6-5-11-39(45)47/h3-4,9-10,12-17,24-25,28-29,35H,1-2,5-8,11,18-23,26H2,(H,43,48)/t35-/m1/s1. The number of hydrogen-bond donors (Lipinski definition) is 1. The number of carbonyl (C=O) groups excluding carboxylic acids is 3. The van der Waals surface area contributed by atoms with Crippen molar-refractivity contribution < 1.29 is 18.8 Å². The molecule has 3 amide bonds. The van der Waals surface area contributed by atoms with E-state index in [1.165, 1.54) is 30.0 Å². The Labute approximate surface area is 297 Å². The summed E-state index contributed by atoms with van der Waals surface area (Å²) in [6.45, 7) is 2.50. The third kappa shape index (κ3) is 7.65. The summed E-state index contributed by atoms with van der Waals surface area (Å²) in [6, 6.07) is 21.6. The molecule has 0 bridgehead atoms. The summed E-state index contributed by atoms with van der Waals surface area (Å²) in [6.07, 6.45) is 9.05. The second-order valence-electron chi connectivity index (χ2n) is 14.1. The highest BCUT2D eigenvalue weighted by molar-refractivity contribution is 6.30. The Morgan fingerprint density at radius 2 is 1.60 bits per heavy atom. The number of carbonyl (C=O) groups is 3. The van der Waals surface area contributed by atoms with Crippen molar-refractivity contribution in [2.75, 3.05) is 19.6 Å². The average Bonchev–Trinajstić information content (AvgIpc) is 3.68. The van der Waals surface area contributed by atoms with Crippen LogP contribution in [0.3, 0.4) is 0 Å². The fraction of sp³-hybridized carbons (Fsp3) is 0.415. The number of halogens is 1. The normalized spacial score (nSPS) is 18.1. The average molecular weight is 694 g/mol. The number of amides is 3. The van der Waals surface area contributed by atoms with E-state index in [0.717, 1.165) is 56.2 Å². The van der Waals surface area contributed by atoms with Crippen molar-refractivity contribution in [3.8, 4) is 0 Å². The van der Waals surface area contributed by atoms with E-state index in [0.29, 0.717) is 48.0 Å². The molecule has 3 aliphatic rings. The van der Waals surface area contributed by atoms with Gasteiger partial charge in [0.05, 0.1) is 5.39 Å². The third-order valence-corrected chi connectivity index (χ3v) is 11.1. The molecule has 8 nitrogen and oxygen atoms in total. The fourth-order valence-electron chi connectivity index (χ4n) is 8.03. The van der Waals surface area contributed by atoms with Crippen LogP contribution in [0.5, 0.6) is 0 Å². The van der Waals surface area contributed by atoms with Gasteiger partial charge in [0, 0.05) is 50.1 Å². The highest BCUT2D eigenvalue weighted by Gasteiger charge is 2.32. The minimum absolute atomic E-state index is 0.118. The molecule has 7 rings (SSSR count). The Hall–Kier alpha value is -4.43. The molecule has 50 heavy (non-hydrogen) atoms. The molecule has 1 N–H and O–H groups in total. The van der Waals surface area contributed by atoms with Gasteiger partial charge in [0.1, 0.15) is 11.6 Å². The molecule has 4 aromatic rings. The summed E-state index contributed by atoms with van der Waals surface area (Å²) >= 11 is 6.14. The lowest BCUT2D eigenvalue weighted by molar-refractivity contribution is -0.135. The van der Waals surface area contributed by atoms with E-state index in [1.807, 2.05) is 46.2 Å². The zero-order valence-electron chi connectivity index (χ0n) is 28.4. The number of benzene rings is 3. The Bertz CT molecular complexity index is 1920. The van der Waals surface area contributed by atoms with Crippen molar-refractivity contribution in [1.29, 1.82) is 0 Å². The Balaban J connectivity index is 1.06. The summed E-state index contributed by atoms with van der Waals surface area (Å²) in [5, 5.41) is 3.96. The van der Waals surface area contributed by atoms with Crippen LogP contribution in [0.25, 0.3) is 11.0 Å². The molecule has 1 aliphatic carbocycles. The molecule has 1 atom stereocenters. The quantitative estimate of drug-likeness (QED) is 0.198. The topological polar surface area (TPSA) is 99.9 Å². The van der Waals surface area contributed by atoms with Crippen molar-refractivity contribution in [3.05, 3.63) is 116 Å². The lowest BCUT2D eigenvalue weighted by Crippen LogP contribution is -2.51. The summed E-state index contributed by atoms with van der Waals surface area (Å²) in [5.74, 6) is 0.0340. The zero-order chi connectivity index (χ0) is 34.6. The molecular formula is C41H44ClN3O5. The SMILES string of the molecule is O=C(N[C@H](Cc1ccc(Cl)cc1)C(=O)N1CCC(c2ccccc2CN2CCCCC2=O)CC1)c1cc(=O)c2cc(C3CCCC3)ccc2o1. The third-order valence-electron chi connectivity index (χ3n) is 10.8. The van der Waals surface area contributed by atoms with Gasteiger partial charge in [-0.1, -0.05) is 66.9 Å². The largest absolute Gasteiger partial charge is 0.451 e. The predicted octanol–water partition coefficient (Wildman–Crippen LogP) is 7.36. The maximum absolute atomic E-state index is 14.1. The van der Waals surface area contributed by atoms with Crippen LogP contribution >= 0.6 is 11.6 Å². The van der Waals surface area contributed by atoms with Gasteiger partial charge in [-0.15, -0.1) is 0 Å². The second-order valence-corrected chi connectivity index (χ2v) is 14.6. The van der Waals surface area contributed by atoms with Gasteiger partial charge in [0.2, 0.25) is 11.8 Å². The molecule has 2 aliphatic heterocycles. The van der Waals surface area contributed by atoms with Crippen molar-refractivity contribution in [2.24, 2.45) is 0 Å². The number of hydrogen-bond acceptors (Lipinski definition) is 5. The lowest BCUT2D eigenvalue weighted by atomic mass is 9.86. The number of nitrogens with zero attached hydrogens (tertiary/aromatic N) is 2. The Kier molecular flexibility index (Phi) is 10.4. The fourth-order valence-corrected chi connectivity index (χ4v) is 8.15. The molecule has 1 saturated carbocycles. The van der Waals surface area contributed by atoms with Gasteiger partial charge in [0.15, 0.2) is 11.2 Å². The van der Waals surface area contributed by atoms with Crippen molar-refractivity contribution in [2.45, 2.75) is 88.6 Å². The molecule has 0 radical (unpaired) electrons. The number of fused-ring (bicyclic) bond motifs is 1. The van der Waals surface area contributed by atoms with Gasteiger partial charge in [-0.05, 0) is 96.9 Å².